The Morgan fingerprint density at radius 1 is 1.12 bits per heavy atom. The lowest BCUT2D eigenvalue weighted by Crippen LogP contribution is -2.57. The molecule has 0 unspecified atom stereocenters. The number of likely N-dealkylation sites (tertiary alicyclic amines) is 1. The van der Waals surface area contributed by atoms with Crippen molar-refractivity contribution in [2.45, 2.75) is 81.8 Å². The number of nitrogens with zero attached hydrogens (tertiary/aromatic N) is 3. The molecule has 4 aliphatic heterocycles. The standard InChI is InChI=1S/C38H54N4O8/c1-4-6-15-30(44)39-27(3)33(28-13-9-7-10-14-28)49-37(47)31-29-16-17-38(50-29)32(31)35(45)42(19-11-8-12-24-43)34(38)36(46)41(18-5-2)21-20-40-22-25-48-26-23-40/h4-5,7,9-10,13-14,27,29,31-34,43H,1-2,6,8,11-12,15-26H2,3H3,(H,39,44)/t27-,29+,31-,32-,33-,34+,38-/m1/s1. The van der Waals surface area contributed by atoms with Crippen LogP contribution in [0.2, 0.25) is 0 Å². The highest BCUT2D eigenvalue weighted by Crippen LogP contribution is 2.59. The Bertz CT molecular complexity index is 1350. The predicted octanol–water partition coefficient (Wildman–Crippen LogP) is 2.63. The maximum atomic E-state index is 14.6. The summed E-state index contributed by atoms with van der Waals surface area (Å²) in [5, 5.41) is 12.3. The number of esters is 1. The van der Waals surface area contributed by atoms with Crippen LogP contribution in [0.15, 0.2) is 55.6 Å². The largest absolute Gasteiger partial charge is 0.455 e. The summed E-state index contributed by atoms with van der Waals surface area (Å²) in [5.74, 6) is -3.00. The lowest BCUT2D eigenvalue weighted by atomic mass is 9.70. The predicted molar refractivity (Wildman–Crippen MR) is 187 cm³/mol. The van der Waals surface area contributed by atoms with Crippen LogP contribution in [0, 0.1) is 11.8 Å². The van der Waals surface area contributed by atoms with Crippen LogP contribution in [0.5, 0.6) is 0 Å². The van der Waals surface area contributed by atoms with Gasteiger partial charge in [0.2, 0.25) is 17.7 Å². The number of allylic oxidation sites excluding steroid dienone is 1. The summed E-state index contributed by atoms with van der Waals surface area (Å²) in [6, 6.07) is 7.80. The second-order valence-electron chi connectivity index (χ2n) is 13.9. The monoisotopic (exact) mass is 694 g/mol. The molecule has 1 spiro atoms. The lowest BCUT2D eigenvalue weighted by molar-refractivity contribution is -0.162. The molecule has 1 aromatic rings. The molecule has 3 amide bonds. The Morgan fingerprint density at radius 3 is 2.58 bits per heavy atom. The highest BCUT2D eigenvalue weighted by atomic mass is 16.6. The first-order chi connectivity index (χ1) is 24.2. The number of morpholine rings is 1. The number of rotatable bonds is 19. The molecule has 4 fully saturated rings. The minimum absolute atomic E-state index is 0.0476. The lowest BCUT2D eigenvalue weighted by Gasteiger charge is -2.37. The Balaban J connectivity index is 1.40. The third-order valence-corrected chi connectivity index (χ3v) is 10.6. The van der Waals surface area contributed by atoms with Gasteiger partial charge in [0.25, 0.3) is 0 Å². The minimum Gasteiger partial charge on any atom is -0.455 e. The van der Waals surface area contributed by atoms with Crippen molar-refractivity contribution >= 4 is 23.7 Å². The minimum atomic E-state index is -1.16. The maximum Gasteiger partial charge on any atom is 0.313 e. The molecule has 4 saturated heterocycles. The third-order valence-electron chi connectivity index (χ3n) is 10.6. The van der Waals surface area contributed by atoms with Gasteiger partial charge >= 0.3 is 5.97 Å². The van der Waals surface area contributed by atoms with E-state index in [9.17, 15) is 24.3 Å². The Kier molecular flexibility index (Phi) is 13.2. The van der Waals surface area contributed by atoms with E-state index in [2.05, 4.69) is 23.4 Å². The van der Waals surface area contributed by atoms with E-state index in [4.69, 9.17) is 14.2 Å². The van der Waals surface area contributed by atoms with Crippen molar-refractivity contribution in [3.63, 3.8) is 0 Å². The van der Waals surface area contributed by atoms with Crippen LogP contribution in [-0.4, -0.2) is 126 Å². The van der Waals surface area contributed by atoms with Gasteiger partial charge in [-0.05, 0) is 51.0 Å². The van der Waals surface area contributed by atoms with Crippen molar-refractivity contribution in [1.82, 2.24) is 20.0 Å². The molecular formula is C38H54N4O8. The van der Waals surface area contributed by atoms with Gasteiger partial charge in [-0.25, -0.2) is 0 Å². The summed E-state index contributed by atoms with van der Waals surface area (Å²) < 4.78 is 18.4. The number of benzene rings is 1. The molecule has 274 valence electrons. The quantitative estimate of drug-likeness (QED) is 0.127. The van der Waals surface area contributed by atoms with Crippen molar-refractivity contribution in [3.8, 4) is 0 Å². The van der Waals surface area contributed by atoms with Gasteiger partial charge in [0, 0.05) is 52.3 Å². The third kappa shape index (κ3) is 8.14. The summed E-state index contributed by atoms with van der Waals surface area (Å²) in [7, 11) is 0. The van der Waals surface area contributed by atoms with Crippen molar-refractivity contribution in [3.05, 3.63) is 61.2 Å². The number of aliphatic hydroxyl groups excluding tert-OH is 1. The fourth-order valence-corrected chi connectivity index (χ4v) is 8.16. The molecule has 4 heterocycles. The van der Waals surface area contributed by atoms with E-state index in [0.29, 0.717) is 83.5 Å². The summed E-state index contributed by atoms with van der Waals surface area (Å²) in [5.41, 5.74) is -0.446. The van der Waals surface area contributed by atoms with E-state index in [-0.39, 0.29) is 30.7 Å². The second kappa shape index (κ2) is 17.6. The first-order valence-electron chi connectivity index (χ1n) is 18.2. The number of unbranched alkanes of at least 4 members (excludes halogenated alkanes) is 2. The number of fused-ring (bicyclic) bond motifs is 1. The first kappa shape index (κ1) is 37.7. The van der Waals surface area contributed by atoms with Crippen LogP contribution in [0.3, 0.4) is 0 Å². The zero-order valence-electron chi connectivity index (χ0n) is 29.4. The highest BCUT2D eigenvalue weighted by molar-refractivity contribution is 5.98. The van der Waals surface area contributed by atoms with E-state index in [0.717, 1.165) is 13.1 Å². The Hall–Kier alpha value is -3.58. The number of carbonyl (C=O) groups is 4. The SMILES string of the molecule is C=CCCC(=O)N[C@H](C)[C@@H](OC(=O)[C@@H]1[C@@H]2CC[C@]3(O2)[C@H](C(=O)N(CC=C)CCN2CCOCC2)N(CCCCCO)C(=O)[C@@H]13)c1ccccc1. The smallest absolute Gasteiger partial charge is 0.313 e. The van der Waals surface area contributed by atoms with Gasteiger partial charge in [-0.1, -0.05) is 42.5 Å². The molecule has 4 aliphatic rings. The first-order valence-corrected chi connectivity index (χ1v) is 18.2. The average Bonchev–Trinajstić information content (AvgIpc) is 3.77. The molecule has 50 heavy (non-hydrogen) atoms. The van der Waals surface area contributed by atoms with E-state index >= 15 is 0 Å². The second-order valence-corrected chi connectivity index (χ2v) is 13.9. The van der Waals surface area contributed by atoms with E-state index in [1.54, 1.807) is 28.9 Å². The molecule has 12 heteroatoms. The number of aliphatic hydroxyl groups is 1. The number of hydrogen-bond acceptors (Lipinski definition) is 9. The zero-order valence-corrected chi connectivity index (χ0v) is 29.4. The van der Waals surface area contributed by atoms with Gasteiger partial charge < -0.3 is 34.4 Å². The van der Waals surface area contributed by atoms with Crippen LogP contribution in [-0.2, 0) is 33.4 Å². The van der Waals surface area contributed by atoms with E-state index in [1.165, 1.54) is 0 Å². The van der Waals surface area contributed by atoms with Gasteiger partial charge in [0.1, 0.15) is 17.7 Å². The Labute approximate surface area is 295 Å². The van der Waals surface area contributed by atoms with Gasteiger partial charge in [-0.15, -0.1) is 13.2 Å². The number of ether oxygens (including phenoxy) is 3. The van der Waals surface area contributed by atoms with Crippen LogP contribution >= 0.6 is 0 Å². The highest BCUT2D eigenvalue weighted by Gasteiger charge is 2.75. The van der Waals surface area contributed by atoms with Gasteiger partial charge in [-0.3, -0.25) is 24.1 Å². The number of nitrogens with one attached hydrogen (secondary N) is 1. The van der Waals surface area contributed by atoms with Gasteiger partial charge in [0.05, 0.1) is 37.2 Å². The maximum absolute atomic E-state index is 14.6. The molecule has 0 aromatic heterocycles. The molecule has 5 rings (SSSR count). The normalized spacial score (nSPS) is 27.0. The van der Waals surface area contributed by atoms with Crippen molar-refractivity contribution in [1.29, 1.82) is 0 Å². The van der Waals surface area contributed by atoms with Crippen molar-refractivity contribution < 1.29 is 38.5 Å². The molecule has 0 radical (unpaired) electrons. The topological polar surface area (TPSA) is 138 Å². The van der Waals surface area contributed by atoms with Crippen LogP contribution in [0.25, 0.3) is 0 Å². The zero-order chi connectivity index (χ0) is 35.7. The average molecular weight is 695 g/mol. The molecule has 12 nitrogen and oxygen atoms in total. The number of hydrogen-bond donors (Lipinski definition) is 2. The molecule has 2 N–H and O–H groups in total. The van der Waals surface area contributed by atoms with Crippen LogP contribution < -0.4 is 5.32 Å². The molecule has 1 aromatic carbocycles. The summed E-state index contributed by atoms with van der Waals surface area (Å²) >= 11 is 0. The van der Waals surface area contributed by atoms with Gasteiger partial charge in [0.15, 0.2) is 0 Å². The summed E-state index contributed by atoms with van der Waals surface area (Å²) in [4.78, 5) is 61.8. The summed E-state index contributed by atoms with van der Waals surface area (Å²) in [6.07, 6.45) is 5.66. The van der Waals surface area contributed by atoms with Gasteiger partial charge in [-0.2, -0.15) is 0 Å². The number of amides is 3. The fraction of sp³-hybridized carbons (Fsp3) is 0.632. The molecule has 7 atom stereocenters. The number of carbonyl (C=O) groups excluding carboxylic acids is 4. The Morgan fingerprint density at radius 2 is 1.88 bits per heavy atom. The van der Waals surface area contributed by atoms with Crippen LogP contribution in [0.1, 0.15) is 63.5 Å². The van der Waals surface area contributed by atoms with Crippen LogP contribution in [0.4, 0.5) is 0 Å². The molecule has 0 aliphatic carbocycles. The fourth-order valence-electron chi connectivity index (χ4n) is 8.16. The van der Waals surface area contributed by atoms with E-state index in [1.807, 2.05) is 30.3 Å². The molecular weight excluding hydrogens is 640 g/mol. The van der Waals surface area contributed by atoms with Crippen molar-refractivity contribution in [2.75, 3.05) is 59.1 Å². The summed E-state index contributed by atoms with van der Waals surface area (Å²) in [6.45, 7) is 14.1. The van der Waals surface area contributed by atoms with E-state index < -0.39 is 47.7 Å². The molecule has 0 saturated carbocycles. The van der Waals surface area contributed by atoms with Crippen molar-refractivity contribution in [2.24, 2.45) is 11.8 Å². The molecule has 2 bridgehead atoms.